The van der Waals surface area contributed by atoms with Crippen molar-refractivity contribution in [1.82, 2.24) is 14.5 Å². The molecule has 1 saturated heterocycles. The van der Waals surface area contributed by atoms with Gasteiger partial charge in [0.25, 0.3) is 5.91 Å². The zero-order valence-corrected chi connectivity index (χ0v) is 19.4. The van der Waals surface area contributed by atoms with Crippen molar-refractivity contribution >= 4 is 15.9 Å². The van der Waals surface area contributed by atoms with Gasteiger partial charge in [0.15, 0.2) is 0 Å². The summed E-state index contributed by atoms with van der Waals surface area (Å²) in [5.41, 5.74) is 2.59. The molecule has 0 spiro atoms. The van der Waals surface area contributed by atoms with E-state index < -0.39 is 10.0 Å². The maximum absolute atomic E-state index is 13.0. The van der Waals surface area contributed by atoms with Crippen molar-refractivity contribution < 1.29 is 13.2 Å². The number of hydrogen-bond acceptors (Lipinski definition) is 4. The number of nitrogens with one attached hydrogen (secondary N) is 1. The number of rotatable bonds is 8. The highest BCUT2D eigenvalue weighted by molar-refractivity contribution is 7.89. The highest BCUT2D eigenvalue weighted by Crippen LogP contribution is 2.16. The van der Waals surface area contributed by atoms with Gasteiger partial charge >= 0.3 is 0 Å². The van der Waals surface area contributed by atoms with Crippen LogP contribution in [0.3, 0.4) is 0 Å². The molecule has 0 bridgehead atoms. The zero-order valence-electron chi connectivity index (χ0n) is 18.6. The van der Waals surface area contributed by atoms with Gasteiger partial charge in [0.2, 0.25) is 10.0 Å². The minimum absolute atomic E-state index is 0.103. The van der Waals surface area contributed by atoms with Crippen LogP contribution in [0.2, 0.25) is 0 Å². The number of carbonyl (C=O) groups is 1. The quantitative estimate of drug-likeness (QED) is 0.557. The first-order chi connectivity index (χ1) is 16.0. The van der Waals surface area contributed by atoms with E-state index in [1.807, 2.05) is 41.3 Å². The van der Waals surface area contributed by atoms with Crippen molar-refractivity contribution in [3.8, 4) is 0 Å². The highest BCUT2D eigenvalue weighted by atomic mass is 32.2. The van der Waals surface area contributed by atoms with Gasteiger partial charge in [0.05, 0.1) is 4.90 Å². The molecule has 172 valence electrons. The van der Waals surface area contributed by atoms with E-state index in [4.69, 9.17) is 0 Å². The summed E-state index contributed by atoms with van der Waals surface area (Å²) in [4.78, 5) is 17.3. The fourth-order valence-corrected chi connectivity index (χ4v) is 5.01. The Kier molecular flexibility index (Phi) is 7.54. The van der Waals surface area contributed by atoms with E-state index in [-0.39, 0.29) is 17.3 Å². The fraction of sp³-hybridized carbons (Fsp3) is 0.269. The molecule has 1 aliphatic heterocycles. The van der Waals surface area contributed by atoms with E-state index in [1.165, 1.54) is 17.7 Å². The number of nitrogens with zero attached hydrogens (tertiary/aromatic N) is 2. The van der Waals surface area contributed by atoms with Gasteiger partial charge in [-0.25, -0.2) is 13.1 Å². The minimum Gasteiger partial charge on any atom is -0.336 e. The molecule has 7 heteroatoms. The lowest BCUT2D eigenvalue weighted by Gasteiger charge is -2.34. The van der Waals surface area contributed by atoms with Gasteiger partial charge in [-0.2, -0.15) is 0 Å². The minimum atomic E-state index is -3.72. The molecule has 0 aromatic heterocycles. The topological polar surface area (TPSA) is 69.7 Å². The van der Waals surface area contributed by atoms with Gasteiger partial charge in [-0.3, -0.25) is 9.69 Å². The van der Waals surface area contributed by atoms with Crippen LogP contribution >= 0.6 is 0 Å². The van der Waals surface area contributed by atoms with Crippen molar-refractivity contribution in [2.45, 2.75) is 17.9 Å². The molecule has 1 fully saturated rings. The number of carbonyl (C=O) groups excluding carboxylic acids is 1. The summed E-state index contributed by atoms with van der Waals surface area (Å²) >= 11 is 0. The van der Waals surface area contributed by atoms with Crippen molar-refractivity contribution in [2.75, 3.05) is 32.7 Å². The van der Waals surface area contributed by atoms with Crippen LogP contribution in [0.4, 0.5) is 0 Å². The van der Waals surface area contributed by atoms with Crippen LogP contribution in [0, 0.1) is 0 Å². The Morgan fingerprint density at radius 3 is 2.09 bits per heavy atom. The van der Waals surface area contributed by atoms with Gasteiger partial charge in [-0.15, -0.1) is 0 Å². The summed E-state index contributed by atoms with van der Waals surface area (Å²) in [5.74, 6) is -0.127. The maximum Gasteiger partial charge on any atom is 0.253 e. The first kappa shape index (κ1) is 23.2. The number of benzene rings is 3. The summed E-state index contributed by atoms with van der Waals surface area (Å²) in [6, 6.07) is 26.0. The Morgan fingerprint density at radius 1 is 0.788 bits per heavy atom. The van der Waals surface area contributed by atoms with E-state index in [0.717, 1.165) is 31.6 Å². The highest BCUT2D eigenvalue weighted by Gasteiger charge is 2.23. The summed E-state index contributed by atoms with van der Waals surface area (Å²) in [6.07, 6.45) is 0.991. The normalized spacial score (nSPS) is 14.8. The second-order valence-electron chi connectivity index (χ2n) is 8.21. The van der Waals surface area contributed by atoms with Crippen LogP contribution < -0.4 is 4.72 Å². The van der Waals surface area contributed by atoms with Crippen LogP contribution in [0.15, 0.2) is 89.8 Å². The number of sulfonamides is 1. The standard InChI is InChI=1S/C26H29N3O3S/c30-26(29-18-16-28(17-19-29)15-14-22-8-3-1-4-9-22)24-12-7-13-25(20-24)33(31,32)27-21-23-10-5-2-6-11-23/h1-13,20,27H,14-19,21H2. The first-order valence-electron chi connectivity index (χ1n) is 11.2. The second-order valence-corrected chi connectivity index (χ2v) is 9.97. The molecular weight excluding hydrogens is 434 g/mol. The van der Waals surface area contributed by atoms with Gasteiger partial charge in [-0.1, -0.05) is 66.7 Å². The van der Waals surface area contributed by atoms with Crippen LogP contribution in [-0.2, 0) is 23.0 Å². The van der Waals surface area contributed by atoms with Crippen molar-refractivity contribution in [3.05, 3.63) is 102 Å². The molecule has 1 amide bonds. The SMILES string of the molecule is O=C(c1cccc(S(=O)(=O)NCc2ccccc2)c1)N1CCN(CCc2ccccc2)CC1. The predicted molar refractivity (Wildman–Crippen MR) is 129 cm³/mol. The predicted octanol–water partition coefficient (Wildman–Crippen LogP) is 3.17. The van der Waals surface area contributed by atoms with E-state index in [9.17, 15) is 13.2 Å². The van der Waals surface area contributed by atoms with Gasteiger partial charge in [-0.05, 0) is 35.7 Å². The smallest absolute Gasteiger partial charge is 0.253 e. The third-order valence-electron chi connectivity index (χ3n) is 5.92. The monoisotopic (exact) mass is 463 g/mol. The third kappa shape index (κ3) is 6.28. The van der Waals surface area contributed by atoms with E-state index in [0.29, 0.717) is 18.7 Å². The van der Waals surface area contributed by atoms with E-state index in [2.05, 4.69) is 33.9 Å². The summed E-state index contributed by atoms with van der Waals surface area (Å²) in [6.45, 7) is 4.07. The maximum atomic E-state index is 13.0. The second kappa shape index (κ2) is 10.7. The average molecular weight is 464 g/mol. The lowest BCUT2D eigenvalue weighted by atomic mass is 10.1. The molecular formula is C26H29N3O3S. The van der Waals surface area contributed by atoms with E-state index >= 15 is 0 Å². The van der Waals surface area contributed by atoms with Crippen LogP contribution in [0.25, 0.3) is 0 Å². The summed E-state index contributed by atoms with van der Waals surface area (Å²) in [5, 5.41) is 0. The number of amides is 1. The molecule has 1 heterocycles. The van der Waals surface area contributed by atoms with Crippen LogP contribution in [0.5, 0.6) is 0 Å². The molecule has 4 rings (SSSR count). The van der Waals surface area contributed by atoms with Crippen LogP contribution in [-0.4, -0.2) is 56.8 Å². The Labute approximate surface area is 195 Å². The van der Waals surface area contributed by atoms with Crippen molar-refractivity contribution in [2.24, 2.45) is 0 Å². The lowest BCUT2D eigenvalue weighted by molar-refractivity contribution is 0.0638. The Balaban J connectivity index is 1.33. The third-order valence-corrected chi connectivity index (χ3v) is 7.32. The molecule has 3 aromatic rings. The fourth-order valence-electron chi connectivity index (χ4n) is 3.94. The molecule has 0 unspecified atom stereocenters. The van der Waals surface area contributed by atoms with Gasteiger partial charge in [0, 0.05) is 44.8 Å². The molecule has 1 N–H and O–H groups in total. The molecule has 0 radical (unpaired) electrons. The van der Waals surface area contributed by atoms with Crippen LogP contribution in [0.1, 0.15) is 21.5 Å². The first-order valence-corrected chi connectivity index (χ1v) is 12.7. The average Bonchev–Trinajstić information content (AvgIpc) is 2.87. The van der Waals surface area contributed by atoms with Gasteiger partial charge < -0.3 is 4.90 Å². The number of hydrogen-bond donors (Lipinski definition) is 1. The Hall–Kier alpha value is -3.00. The Bertz CT molecular complexity index is 1160. The molecule has 3 aromatic carbocycles. The molecule has 0 atom stereocenters. The summed E-state index contributed by atoms with van der Waals surface area (Å²) in [7, 11) is -3.72. The molecule has 6 nitrogen and oxygen atoms in total. The number of piperazine rings is 1. The summed E-state index contributed by atoms with van der Waals surface area (Å²) < 4.78 is 28.1. The molecule has 33 heavy (non-hydrogen) atoms. The Morgan fingerprint density at radius 2 is 1.42 bits per heavy atom. The van der Waals surface area contributed by atoms with E-state index in [1.54, 1.807) is 12.1 Å². The molecule has 0 aliphatic carbocycles. The zero-order chi connectivity index (χ0) is 23.1. The largest absolute Gasteiger partial charge is 0.336 e. The molecule has 1 aliphatic rings. The van der Waals surface area contributed by atoms with Crippen molar-refractivity contribution in [1.29, 1.82) is 0 Å². The van der Waals surface area contributed by atoms with Crippen molar-refractivity contribution in [3.63, 3.8) is 0 Å². The van der Waals surface area contributed by atoms with Gasteiger partial charge in [0.1, 0.15) is 0 Å². The molecule has 0 saturated carbocycles. The lowest BCUT2D eigenvalue weighted by Crippen LogP contribution is -2.49.